The van der Waals surface area contributed by atoms with Crippen molar-refractivity contribution in [3.8, 4) is 0 Å². The number of aryl methyl sites for hydroxylation is 1. The third-order valence-corrected chi connectivity index (χ3v) is 3.05. The van der Waals surface area contributed by atoms with Crippen LogP contribution in [-0.2, 0) is 0 Å². The lowest BCUT2D eigenvalue weighted by atomic mass is 10.1. The molecule has 3 nitrogen and oxygen atoms in total. The summed E-state index contributed by atoms with van der Waals surface area (Å²) in [5.74, 6) is -1.33. The van der Waals surface area contributed by atoms with E-state index in [1.54, 1.807) is 13.0 Å². The number of anilines is 1. The Labute approximate surface area is 122 Å². The molecule has 1 atom stereocenters. The second-order valence-electron chi connectivity index (χ2n) is 4.86. The fourth-order valence-corrected chi connectivity index (χ4v) is 2.02. The largest absolute Gasteiger partial charge is 0.331 e. The minimum absolute atomic E-state index is 0.232. The van der Waals surface area contributed by atoms with E-state index in [4.69, 9.17) is 0 Å². The van der Waals surface area contributed by atoms with E-state index in [2.05, 4.69) is 10.6 Å². The number of carbonyl (C=O) groups excluding carboxylic acids is 1. The zero-order chi connectivity index (χ0) is 15.4. The summed E-state index contributed by atoms with van der Waals surface area (Å²) in [7, 11) is 0. The van der Waals surface area contributed by atoms with Gasteiger partial charge in [-0.2, -0.15) is 0 Å². The third-order valence-electron chi connectivity index (χ3n) is 3.05. The maximum Gasteiger partial charge on any atom is 0.319 e. The number of hydrogen-bond acceptors (Lipinski definition) is 1. The Morgan fingerprint density at radius 1 is 1.14 bits per heavy atom. The van der Waals surface area contributed by atoms with Gasteiger partial charge in [0.1, 0.15) is 11.6 Å². The zero-order valence-corrected chi connectivity index (χ0v) is 11.8. The summed E-state index contributed by atoms with van der Waals surface area (Å²) < 4.78 is 26.5. The van der Waals surface area contributed by atoms with Crippen molar-refractivity contribution in [1.82, 2.24) is 5.32 Å². The van der Waals surface area contributed by atoms with Crippen molar-refractivity contribution in [3.63, 3.8) is 0 Å². The Kier molecular flexibility index (Phi) is 4.52. The third kappa shape index (κ3) is 4.02. The number of hydrogen-bond donors (Lipinski definition) is 2. The molecule has 0 aliphatic heterocycles. The maximum absolute atomic E-state index is 13.6. The van der Waals surface area contributed by atoms with Crippen molar-refractivity contribution in [2.45, 2.75) is 19.9 Å². The highest BCUT2D eigenvalue weighted by molar-refractivity contribution is 5.89. The van der Waals surface area contributed by atoms with Crippen LogP contribution < -0.4 is 10.6 Å². The maximum atomic E-state index is 13.6. The smallest absolute Gasteiger partial charge is 0.319 e. The van der Waals surface area contributed by atoms with E-state index in [-0.39, 0.29) is 5.56 Å². The summed E-state index contributed by atoms with van der Waals surface area (Å²) in [6, 6.07) is 9.59. The molecule has 0 bridgehead atoms. The Bertz CT molecular complexity index is 658. The van der Waals surface area contributed by atoms with Crippen LogP contribution >= 0.6 is 0 Å². The molecule has 0 aliphatic carbocycles. The number of halogens is 2. The number of rotatable bonds is 3. The fourth-order valence-electron chi connectivity index (χ4n) is 2.02. The standard InChI is InChI=1S/C16H16F2N2O/c1-10-4-3-5-13(8-10)20-16(21)19-11(2)14-7-6-12(17)9-15(14)18/h3-9,11H,1-2H3,(H2,19,20,21)/t11-/m1/s1. The topological polar surface area (TPSA) is 41.1 Å². The first-order chi connectivity index (χ1) is 9.95. The molecule has 0 aliphatic rings. The molecule has 2 aromatic carbocycles. The molecule has 0 aromatic heterocycles. The molecule has 0 fully saturated rings. The van der Waals surface area contributed by atoms with Crippen molar-refractivity contribution in [2.75, 3.05) is 5.32 Å². The van der Waals surface area contributed by atoms with Gasteiger partial charge in [0.15, 0.2) is 0 Å². The Hall–Kier alpha value is -2.43. The number of nitrogens with one attached hydrogen (secondary N) is 2. The minimum Gasteiger partial charge on any atom is -0.331 e. The van der Waals surface area contributed by atoms with Gasteiger partial charge in [0.25, 0.3) is 0 Å². The van der Waals surface area contributed by atoms with Crippen molar-refractivity contribution in [1.29, 1.82) is 0 Å². The number of carbonyl (C=O) groups is 1. The molecule has 2 aromatic rings. The highest BCUT2D eigenvalue weighted by Crippen LogP contribution is 2.18. The van der Waals surface area contributed by atoms with Crippen LogP contribution in [0, 0.1) is 18.6 Å². The summed E-state index contributed by atoms with van der Waals surface area (Å²) in [5.41, 5.74) is 1.90. The van der Waals surface area contributed by atoms with Gasteiger partial charge >= 0.3 is 6.03 Å². The van der Waals surface area contributed by atoms with E-state index >= 15 is 0 Å². The van der Waals surface area contributed by atoms with Gasteiger partial charge in [-0.25, -0.2) is 13.6 Å². The van der Waals surface area contributed by atoms with Gasteiger partial charge < -0.3 is 10.6 Å². The molecule has 21 heavy (non-hydrogen) atoms. The summed E-state index contributed by atoms with van der Waals surface area (Å²) >= 11 is 0. The van der Waals surface area contributed by atoms with Crippen molar-refractivity contribution >= 4 is 11.7 Å². The van der Waals surface area contributed by atoms with Gasteiger partial charge in [0.05, 0.1) is 6.04 Å². The predicted molar refractivity (Wildman–Crippen MR) is 78.1 cm³/mol. The molecule has 110 valence electrons. The molecule has 2 amide bonds. The molecule has 5 heteroatoms. The molecule has 0 saturated heterocycles. The predicted octanol–water partition coefficient (Wildman–Crippen LogP) is 4.16. The quantitative estimate of drug-likeness (QED) is 0.875. The molecule has 0 unspecified atom stereocenters. The van der Waals surface area contributed by atoms with Crippen LogP contribution in [0.4, 0.5) is 19.3 Å². The first-order valence-electron chi connectivity index (χ1n) is 6.55. The normalized spacial score (nSPS) is 11.8. The van der Waals surface area contributed by atoms with Gasteiger partial charge in [-0.3, -0.25) is 0 Å². The van der Waals surface area contributed by atoms with Gasteiger partial charge in [0.2, 0.25) is 0 Å². The number of amides is 2. The van der Waals surface area contributed by atoms with E-state index in [0.717, 1.165) is 17.7 Å². The Morgan fingerprint density at radius 2 is 1.90 bits per heavy atom. The van der Waals surface area contributed by atoms with Gasteiger partial charge in [0, 0.05) is 17.3 Å². The second kappa shape index (κ2) is 6.35. The summed E-state index contributed by atoms with van der Waals surface area (Å²) in [5, 5.41) is 5.28. The molecule has 0 radical (unpaired) electrons. The number of benzene rings is 2. The Balaban J connectivity index is 2.02. The van der Waals surface area contributed by atoms with Crippen LogP contribution in [0.3, 0.4) is 0 Å². The molecular formula is C16H16F2N2O. The van der Waals surface area contributed by atoms with Gasteiger partial charge in [-0.15, -0.1) is 0 Å². The molecule has 0 saturated carbocycles. The summed E-state index contributed by atoms with van der Waals surface area (Å²) in [6.45, 7) is 3.55. The lowest BCUT2D eigenvalue weighted by molar-refractivity contribution is 0.249. The highest BCUT2D eigenvalue weighted by atomic mass is 19.1. The van der Waals surface area contributed by atoms with Crippen LogP contribution in [0.25, 0.3) is 0 Å². The lowest BCUT2D eigenvalue weighted by Gasteiger charge is -2.16. The molecular weight excluding hydrogens is 274 g/mol. The first-order valence-corrected chi connectivity index (χ1v) is 6.55. The average Bonchev–Trinajstić information content (AvgIpc) is 2.38. The van der Waals surface area contributed by atoms with E-state index < -0.39 is 23.7 Å². The lowest BCUT2D eigenvalue weighted by Crippen LogP contribution is -2.31. The van der Waals surface area contributed by atoms with Crippen LogP contribution in [0.2, 0.25) is 0 Å². The molecule has 0 spiro atoms. The Morgan fingerprint density at radius 3 is 2.57 bits per heavy atom. The number of urea groups is 1. The van der Waals surface area contributed by atoms with Crippen LogP contribution in [0.5, 0.6) is 0 Å². The minimum atomic E-state index is -0.682. The monoisotopic (exact) mass is 290 g/mol. The van der Waals surface area contributed by atoms with E-state index in [0.29, 0.717) is 5.69 Å². The highest BCUT2D eigenvalue weighted by Gasteiger charge is 2.14. The molecule has 2 rings (SSSR count). The van der Waals surface area contributed by atoms with Crippen LogP contribution in [0.15, 0.2) is 42.5 Å². The van der Waals surface area contributed by atoms with Crippen molar-refractivity contribution < 1.29 is 13.6 Å². The van der Waals surface area contributed by atoms with Crippen molar-refractivity contribution in [2.24, 2.45) is 0 Å². The average molecular weight is 290 g/mol. The van der Waals surface area contributed by atoms with Crippen LogP contribution in [-0.4, -0.2) is 6.03 Å². The first kappa shape index (κ1) is 15.0. The van der Waals surface area contributed by atoms with Crippen LogP contribution in [0.1, 0.15) is 24.1 Å². The van der Waals surface area contributed by atoms with E-state index in [9.17, 15) is 13.6 Å². The van der Waals surface area contributed by atoms with Crippen molar-refractivity contribution in [3.05, 3.63) is 65.2 Å². The SMILES string of the molecule is Cc1cccc(NC(=O)N[C@H](C)c2ccc(F)cc2F)c1. The van der Waals surface area contributed by atoms with Gasteiger partial charge in [-0.05, 0) is 37.6 Å². The second-order valence-corrected chi connectivity index (χ2v) is 4.86. The summed E-state index contributed by atoms with van der Waals surface area (Å²) in [4.78, 5) is 11.9. The molecule has 2 N–H and O–H groups in total. The fraction of sp³-hybridized carbons (Fsp3) is 0.188. The zero-order valence-electron chi connectivity index (χ0n) is 11.8. The van der Waals surface area contributed by atoms with E-state index in [1.807, 2.05) is 25.1 Å². The molecule has 0 heterocycles. The van der Waals surface area contributed by atoms with Gasteiger partial charge in [-0.1, -0.05) is 18.2 Å². The summed E-state index contributed by atoms with van der Waals surface area (Å²) in [6.07, 6.45) is 0. The van der Waals surface area contributed by atoms with E-state index in [1.165, 1.54) is 6.07 Å².